The topological polar surface area (TPSA) is 64.7 Å². The molecule has 0 aliphatic carbocycles. The zero-order chi connectivity index (χ0) is 15.8. The number of hydrogen-bond acceptors (Lipinski definition) is 5. The summed E-state index contributed by atoms with van der Waals surface area (Å²) in [6, 6.07) is 9.64. The van der Waals surface area contributed by atoms with E-state index in [1.165, 1.54) is 0 Å². The van der Waals surface area contributed by atoms with Crippen molar-refractivity contribution in [3.05, 3.63) is 36.0 Å². The van der Waals surface area contributed by atoms with E-state index in [-0.39, 0.29) is 0 Å². The van der Waals surface area contributed by atoms with Crippen LogP contribution in [-0.2, 0) is 11.2 Å². The van der Waals surface area contributed by atoms with E-state index in [2.05, 4.69) is 5.16 Å². The van der Waals surface area contributed by atoms with Gasteiger partial charge in [-0.05, 0) is 44.7 Å². The maximum Gasteiger partial charge on any atom is 0.170 e. The van der Waals surface area contributed by atoms with Gasteiger partial charge in [-0.1, -0.05) is 17.3 Å². The SMILES string of the molecule is CCOC(O)CCCCc1cc(-c2ccccc2OC)on1. The Bertz CT molecular complexity index is 567. The number of aromatic nitrogens is 1. The molecule has 0 saturated heterocycles. The molecule has 1 N–H and O–H groups in total. The lowest BCUT2D eigenvalue weighted by Gasteiger charge is -2.09. The first kappa shape index (κ1) is 16.5. The predicted molar refractivity (Wildman–Crippen MR) is 83.7 cm³/mol. The molecule has 120 valence electrons. The number of aliphatic hydroxyl groups excluding tert-OH is 1. The molecule has 0 aliphatic rings. The molecule has 1 heterocycles. The highest BCUT2D eigenvalue weighted by atomic mass is 16.6. The molecule has 2 rings (SSSR count). The fourth-order valence-electron chi connectivity index (χ4n) is 2.31. The molecule has 5 nitrogen and oxygen atoms in total. The molecule has 0 fully saturated rings. The maximum atomic E-state index is 9.49. The number of nitrogens with zero attached hydrogens (tertiary/aromatic N) is 1. The smallest absolute Gasteiger partial charge is 0.170 e. The van der Waals surface area contributed by atoms with Gasteiger partial charge in [0.15, 0.2) is 12.1 Å². The molecule has 0 saturated carbocycles. The highest BCUT2D eigenvalue weighted by molar-refractivity contribution is 5.65. The molecule has 0 spiro atoms. The first-order valence-corrected chi connectivity index (χ1v) is 7.63. The van der Waals surface area contributed by atoms with Crippen LogP contribution < -0.4 is 4.74 Å². The summed E-state index contributed by atoms with van der Waals surface area (Å²) in [5, 5.41) is 13.6. The van der Waals surface area contributed by atoms with Crippen LogP contribution in [0, 0.1) is 0 Å². The normalized spacial score (nSPS) is 12.3. The van der Waals surface area contributed by atoms with E-state index in [1.54, 1.807) is 7.11 Å². The zero-order valence-corrected chi connectivity index (χ0v) is 13.1. The van der Waals surface area contributed by atoms with Crippen LogP contribution in [-0.4, -0.2) is 30.3 Å². The van der Waals surface area contributed by atoms with Gasteiger partial charge in [0.05, 0.1) is 18.4 Å². The number of aliphatic hydroxyl groups is 1. The number of hydrogen-bond donors (Lipinski definition) is 1. The van der Waals surface area contributed by atoms with Crippen LogP contribution >= 0.6 is 0 Å². The minimum absolute atomic E-state index is 0.534. The van der Waals surface area contributed by atoms with Gasteiger partial charge in [-0.15, -0.1) is 0 Å². The number of rotatable bonds is 9. The number of ether oxygens (including phenoxy) is 2. The minimum Gasteiger partial charge on any atom is -0.496 e. The van der Waals surface area contributed by atoms with Crippen molar-refractivity contribution >= 4 is 0 Å². The second-order valence-corrected chi connectivity index (χ2v) is 5.04. The van der Waals surface area contributed by atoms with E-state index in [0.29, 0.717) is 18.8 Å². The van der Waals surface area contributed by atoms with Gasteiger partial charge < -0.3 is 19.1 Å². The summed E-state index contributed by atoms with van der Waals surface area (Å²) < 4.78 is 15.8. The third-order valence-corrected chi connectivity index (χ3v) is 3.42. The molecule has 22 heavy (non-hydrogen) atoms. The maximum absolute atomic E-state index is 9.49. The lowest BCUT2D eigenvalue weighted by Crippen LogP contribution is -2.11. The Morgan fingerprint density at radius 1 is 1.27 bits per heavy atom. The van der Waals surface area contributed by atoms with E-state index in [4.69, 9.17) is 14.0 Å². The number of aryl methyl sites for hydroxylation is 1. The van der Waals surface area contributed by atoms with Crippen molar-refractivity contribution in [3.63, 3.8) is 0 Å². The Morgan fingerprint density at radius 2 is 2.09 bits per heavy atom. The van der Waals surface area contributed by atoms with Crippen molar-refractivity contribution in [2.75, 3.05) is 13.7 Å². The number of unbranched alkanes of at least 4 members (excludes halogenated alkanes) is 1. The molecule has 1 aromatic heterocycles. The lowest BCUT2D eigenvalue weighted by atomic mass is 10.1. The molecule has 0 aliphatic heterocycles. The molecule has 1 aromatic carbocycles. The molecular weight excluding hydrogens is 282 g/mol. The van der Waals surface area contributed by atoms with Crippen molar-refractivity contribution in [1.82, 2.24) is 5.16 Å². The third kappa shape index (κ3) is 4.58. The molecule has 0 amide bonds. The van der Waals surface area contributed by atoms with Crippen LogP contribution in [0.25, 0.3) is 11.3 Å². The van der Waals surface area contributed by atoms with Crippen molar-refractivity contribution in [2.24, 2.45) is 0 Å². The largest absolute Gasteiger partial charge is 0.496 e. The van der Waals surface area contributed by atoms with Gasteiger partial charge in [-0.25, -0.2) is 0 Å². The molecule has 2 aromatic rings. The first-order chi connectivity index (χ1) is 10.7. The highest BCUT2D eigenvalue weighted by Crippen LogP contribution is 2.30. The van der Waals surface area contributed by atoms with Gasteiger partial charge in [-0.3, -0.25) is 0 Å². The lowest BCUT2D eigenvalue weighted by molar-refractivity contribution is -0.0993. The fraction of sp³-hybridized carbons (Fsp3) is 0.471. The van der Waals surface area contributed by atoms with Crippen molar-refractivity contribution in [3.8, 4) is 17.1 Å². The van der Waals surface area contributed by atoms with Gasteiger partial charge in [-0.2, -0.15) is 0 Å². The Balaban J connectivity index is 1.87. The molecule has 1 atom stereocenters. The van der Waals surface area contributed by atoms with E-state index in [1.807, 2.05) is 37.3 Å². The number of benzene rings is 1. The van der Waals surface area contributed by atoms with Crippen LogP contribution in [0.5, 0.6) is 5.75 Å². The van der Waals surface area contributed by atoms with Crippen molar-refractivity contribution in [1.29, 1.82) is 0 Å². The van der Waals surface area contributed by atoms with Crippen LogP contribution in [0.3, 0.4) is 0 Å². The van der Waals surface area contributed by atoms with Crippen molar-refractivity contribution in [2.45, 2.75) is 38.9 Å². The van der Waals surface area contributed by atoms with Gasteiger partial charge in [0.1, 0.15) is 5.75 Å². The van der Waals surface area contributed by atoms with Gasteiger partial charge in [0, 0.05) is 12.7 Å². The summed E-state index contributed by atoms with van der Waals surface area (Å²) in [5.74, 6) is 1.48. The standard InChI is InChI=1S/C17H23NO4/c1-3-21-17(19)11-7-4-8-13-12-16(22-18-13)14-9-5-6-10-15(14)20-2/h5-6,9-10,12,17,19H,3-4,7-8,11H2,1-2H3. The van der Waals surface area contributed by atoms with Crippen LogP contribution in [0.2, 0.25) is 0 Å². The number of para-hydroxylation sites is 1. The van der Waals surface area contributed by atoms with Crippen LogP contribution in [0.4, 0.5) is 0 Å². The summed E-state index contributed by atoms with van der Waals surface area (Å²) in [7, 11) is 1.64. The molecule has 5 heteroatoms. The van der Waals surface area contributed by atoms with E-state index in [9.17, 15) is 5.11 Å². The summed E-state index contributed by atoms with van der Waals surface area (Å²) >= 11 is 0. The molecule has 1 unspecified atom stereocenters. The number of methoxy groups -OCH3 is 1. The summed E-state index contributed by atoms with van der Waals surface area (Å²) in [6.45, 7) is 2.41. The zero-order valence-electron chi connectivity index (χ0n) is 13.1. The van der Waals surface area contributed by atoms with E-state index < -0.39 is 6.29 Å². The molecule has 0 radical (unpaired) electrons. The van der Waals surface area contributed by atoms with Gasteiger partial charge in [0.25, 0.3) is 0 Å². The average molecular weight is 305 g/mol. The molecule has 0 bridgehead atoms. The minimum atomic E-state index is -0.661. The van der Waals surface area contributed by atoms with E-state index in [0.717, 1.165) is 36.3 Å². The van der Waals surface area contributed by atoms with E-state index >= 15 is 0 Å². The molecular formula is C17H23NO4. The van der Waals surface area contributed by atoms with Crippen molar-refractivity contribution < 1.29 is 19.1 Å². The summed E-state index contributed by atoms with van der Waals surface area (Å²) in [6.07, 6.45) is 2.62. The fourth-order valence-corrected chi connectivity index (χ4v) is 2.31. The predicted octanol–water partition coefficient (Wildman–Crippen LogP) is 3.42. The summed E-state index contributed by atoms with van der Waals surface area (Å²) in [5.41, 5.74) is 1.81. The Labute approximate surface area is 130 Å². The second-order valence-electron chi connectivity index (χ2n) is 5.04. The quantitative estimate of drug-likeness (QED) is 0.568. The second kappa shape index (κ2) is 8.56. The van der Waals surface area contributed by atoms with Gasteiger partial charge >= 0.3 is 0 Å². The summed E-state index contributed by atoms with van der Waals surface area (Å²) in [4.78, 5) is 0. The monoisotopic (exact) mass is 305 g/mol. The van der Waals surface area contributed by atoms with Crippen LogP contribution in [0.1, 0.15) is 31.9 Å². The Hall–Kier alpha value is -1.85. The Kier molecular flexibility index (Phi) is 6.43. The third-order valence-electron chi connectivity index (χ3n) is 3.42. The first-order valence-electron chi connectivity index (χ1n) is 7.63. The van der Waals surface area contributed by atoms with Crippen LogP contribution in [0.15, 0.2) is 34.9 Å². The highest BCUT2D eigenvalue weighted by Gasteiger charge is 2.11. The average Bonchev–Trinajstić information content (AvgIpc) is 3.00. The van der Waals surface area contributed by atoms with Gasteiger partial charge in [0.2, 0.25) is 0 Å². The Morgan fingerprint density at radius 3 is 2.86 bits per heavy atom.